The van der Waals surface area contributed by atoms with Crippen LogP contribution in [0.5, 0.6) is 5.88 Å². The molecule has 2 fully saturated rings. The second-order valence-corrected chi connectivity index (χ2v) is 7.03. The van der Waals surface area contributed by atoms with Gasteiger partial charge in [0.25, 0.3) is 0 Å². The number of aliphatic hydroxyl groups is 1. The number of aryl methyl sites for hydroxylation is 1. The van der Waals surface area contributed by atoms with Crippen LogP contribution in [0.3, 0.4) is 0 Å². The largest absolute Gasteiger partial charge is 0.477 e. The fourth-order valence-corrected chi connectivity index (χ4v) is 3.79. The van der Waals surface area contributed by atoms with E-state index in [9.17, 15) is 9.90 Å². The van der Waals surface area contributed by atoms with Crippen LogP contribution in [0.4, 0.5) is 0 Å². The molecule has 0 atom stereocenters. The average Bonchev–Trinajstić information content (AvgIpc) is 2.77. The molecule has 7 heteroatoms. The van der Waals surface area contributed by atoms with Gasteiger partial charge in [0.15, 0.2) is 4.88 Å². The summed E-state index contributed by atoms with van der Waals surface area (Å²) in [4.78, 5) is 17.9. The van der Waals surface area contributed by atoms with Crippen molar-refractivity contribution in [3.05, 3.63) is 9.88 Å². The molecule has 1 aromatic heterocycles. The number of nitrogens with zero attached hydrogens (tertiary/aromatic N) is 2. The predicted octanol–water partition coefficient (Wildman–Crippen LogP) is 1.52. The molecule has 116 valence electrons. The monoisotopic (exact) mass is 312 g/mol. The van der Waals surface area contributed by atoms with E-state index in [0.717, 1.165) is 50.1 Å². The van der Waals surface area contributed by atoms with E-state index in [-0.39, 0.29) is 23.0 Å². The highest BCUT2D eigenvalue weighted by atomic mass is 32.1. The van der Waals surface area contributed by atoms with Gasteiger partial charge in [-0.15, -0.1) is 11.3 Å². The Bertz CT molecular complexity index is 519. The Hall–Kier alpha value is -1.18. The molecule has 3 rings (SSSR count). The highest BCUT2D eigenvalue weighted by Gasteiger charge is 2.34. The summed E-state index contributed by atoms with van der Waals surface area (Å²) in [5, 5.41) is 19.2. The van der Waals surface area contributed by atoms with Crippen LogP contribution in [-0.2, 0) is 0 Å². The molecule has 1 aliphatic carbocycles. The van der Waals surface area contributed by atoms with Crippen LogP contribution in [-0.4, -0.2) is 57.4 Å². The van der Waals surface area contributed by atoms with Crippen molar-refractivity contribution in [3.8, 4) is 5.88 Å². The lowest BCUT2D eigenvalue weighted by Crippen LogP contribution is -2.56. The van der Waals surface area contributed by atoms with Gasteiger partial charge in [0.2, 0.25) is 5.88 Å². The Morgan fingerprint density at radius 1 is 1.33 bits per heavy atom. The molecule has 0 bridgehead atoms. The molecule has 2 aliphatic rings. The summed E-state index contributed by atoms with van der Waals surface area (Å²) in [7, 11) is 0. The van der Waals surface area contributed by atoms with Gasteiger partial charge in [-0.25, -0.2) is 9.78 Å². The lowest BCUT2D eigenvalue weighted by atomic mass is 9.90. The van der Waals surface area contributed by atoms with Gasteiger partial charge in [-0.05, 0) is 32.6 Å². The van der Waals surface area contributed by atoms with Crippen LogP contribution in [0.15, 0.2) is 0 Å². The van der Waals surface area contributed by atoms with E-state index in [1.807, 2.05) is 0 Å². The van der Waals surface area contributed by atoms with Crippen molar-refractivity contribution in [3.63, 3.8) is 0 Å². The zero-order chi connectivity index (χ0) is 15.0. The fraction of sp³-hybridized carbons (Fsp3) is 0.714. The topological polar surface area (TPSA) is 82.9 Å². The maximum Gasteiger partial charge on any atom is 0.351 e. The average molecular weight is 312 g/mol. The zero-order valence-electron chi connectivity index (χ0n) is 12.0. The lowest BCUT2D eigenvalue weighted by Gasteiger charge is -2.44. The van der Waals surface area contributed by atoms with Gasteiger partial charge in [-0.2, -0.15) is 0 Å². The third-order valence-corrected chi connectivity index (χ3v) is 5.17. The Kier molecular flexibility index (Phi) is 4.14. The minimum Gasteiger partial charge on any atom is -0.477 e. The summed E-state index contributed by atoms with van der Waals surface area (Å²) < 4.78 is 5.82. The number of hydrogen-bond acceptors (Lipinski definition) is 6. The smallest absolute Gasteiger partial charge is 0.351 e. The quantitative estimate of drug-likeness (QED) is 0.877. The van der Waals surface area contributed by atoms with E-state index in [4.69, 9.17) is 9.84 Å². The number of aromatic carboxylic acids is 1. The number of aliphatic hydroxyl groups excluding tert-OH is 1. The van der Waals surface area contributed by atoms with Gasteiger partial charge in [0, 0.05) is 19.1 Å². The maximum absolute atomic E-state index is 11.2. The van der Waals surface area contributed by atoms with Gasteiger partial charge in [0.1, 0.15) is 6.10 Å². The molecule has 1 aliphatic heterocycles. The number of carboxylic acids is 1. The molecule has 0 amide bonds. The van der Waals surface area contributed by atoms with Crippen molar-refractivity contribution < 1.29 is 19.7 Å². The SMILES string of the molecule is Cc1nc(OC2CCC(N3CC(O)C3)CC2)c(C(=O)O)s1. The van der Waals surface area contributed by atoms with Crippen LogP contribution in [0, 0.1) is 6.92 Å². The molecule has 1 aromatic rings. The minimum atomic E-state index is -0.973. The third kappa shape index (κ3) is 3.20. The summed E-state index contributed by atoms with van der Waals surface area (Å²) in [5.74, 6) is -0.702. The number of likely N-dealkylation sites (tertiary alicyclic amines) is 1. The first-order chi connectivity index (χ1) is 10.0. The molecule has 0 unspecified atom stereocenters. The van der Waals surface area contributed by atoms with Crippen LogP contribution in [0.2, 0.25) is 0 Å². The summed E-state index contributed by atoms with van der Waals surface area (Å²) in [6.45, 7) is 3.35. The lowest BCUT2D eigenvalue weighted by molar-refractivity contribution is -0.0410. The van der Waals surface area contributed by atoms with Gasteiger partial charge < -0.3 is 14.9 Å². The Morgan fingerprint density at radius 2 is 2.00 bits per heavy atom. The number of rotatable bonds is 4. The van der Waals surface area contributed by atoms with E-state index in [1.54, 1.807) is 6.92 Å². The fourth-order valence-electron chi connectivity index (χ4n) is 3.10. The van der Waals surface area contributed by atoms with Gasteiger partial charge in [-0.3, -0.25) is 4.90 Å². The molecular formula is C14H20N2O4S. The van der Waals surface area contributed by atoms with E-state index in [0.29, 0.717) is 11.0 Å². The van der Waals surface area contributed by atoms with E-state index >= 15 is 0 Å². The number of ether oxygens (including phenoxy) is 1. The van der Waals surface area contributed by atoms with Gasteiger partial charge in [-0.1, -0.05) is 0 Å². The number of aromatic nitrogens is 1. The summed E-state index contributed by atoms with van der Waals surface area (Å²) in [5.41, 5.74) is 0. The standard InChI is InChI=1S/C14H20N2O4S/c1-8-15-13(12(21-8)14(18)19)20-11-4-2-9(3-5-11)16-6-10(17)7-16/h9-11,17H,2-7H2,1H3,(H,18,19). The van der Waals surface area contributed by atoms with Crippen molar-refractivity contribution in [2.24, 2.45) is 0 Å². The number of β-amino-alcohol motifs (C(OH)–C–C–N with tert-alkyl or cyclic N) is 1. The van der Waals surface area contributed by atoms with Crippen molar-refractivity contribution >= 4 is 17.3 Å². The van der Waals surface area contributed by atoms with Crippen molar-refractivity contribution in [2.75, 3.05) is 13.1 Å². The molecule has 21 heavy (non-hydrogen) atoms. The van der Waals surface area contributed by atoms with Crippen molar-refractivity contribution in [2.45, 2.75) is 50.9 Å². The number of thiazole rings is 1. The van der Waals surface area contributed by atoms with E-state index < -0.39 is 5.97 Å². The molecule has 6 nitrogen and oxygen atoms in total. The van der Waals surface area contributed by atoms with Crippen LogP contribution in [0.25, 0.3) is 0 Å². The molecule has 1 saturated heterocycles. The number of hydrogen-bond donors (Lipinski definition) is 2. The van der Waals surface area contributed by atoms with E-state index in [2.05, 4.69) is 9.88 Å². The Labute approximate surface area is 127 Å². The molecular weight excluding hydrogens is 292 g/mol. The molecule has 0 aromatic carbocycles. The molecule has 0 radical (unpaired) electrons. The predicted molar refractivity (Wildman–Crippen MR) is 78.1 cm³/mol. The second-order valence-electron chi connectivity index (χ2n) is 5.83. The van der Waals surface area contributed by atoms with E-state index in [1.165, 1.54) is 0 Å². The van der Waals surface area contributed by atoms with Crippen LogP contribution < -0.4 is 4.74 Å². The Balaban J connectivity index is 1.54. The number of carbonyl (C=O) groups is 1. The first-order valence-electron chi connectivity index (χ1n) is 7.32. The van der Waals surface area contributed by atoms with Crippen LogP contribution >= 0.6 is 11.3 Å². The first kappa shape index (κ1) is 14.7. The Morgan fingerprint density at radius 3 is 2.57 bits per heavy atom. The highest BCUT2D eigenvalue weighted by molar-refractivity contribution is 7.13. The third-order valence-electron chi connectivity index (χ3n) is 4.23. The normalized spacial score (nSPS) is 27.3. The number of carboxylic acid groups (broad SMARTS) is 1. The van der Waals surface area contributed by atoms with Gasteiger partial charge >= 0.3 is 5.97 Å². The molecule has 1 saturated carbocycles. The minimum absolute atomic E-state index is 0.0482. The molecule has 2 N–H and O–H groups in total. The maximum atomic E-state index is 11.2. The summed E-state index contributed by atoms with van der Waals surface area (Å²) in [6.07, 6.45) is 3.77. The summed E-state index contributed by atoms with van der Waals surface area (Å²) in [6, 6.07) is 0.532. The zero-order valence-corrected chi connectivity index (χ0v) is 12.8. The van der Waals surface area contributed by atoms with Crippen molar-refractivity contribution in [1.29, 1.82) is 0 Å². The highest BCUT2D eigenvalue weighted by Crippen LogP contribution is 2.31. The summed E-state index contributed by atoms with van der Waals surface area (Å²) >= 11 is 1.16. The van der Waals surface area contributed by atoms with Crippen molar-refractivity contribution in [1.82, 2.24) is 9.88 Å². The molecule has 2 heterocycles. The first-order valence-corrected chi connectivity index (χ1v) is 8.14. The van der Waals surface area contributed by atoms with Gasteiger partial charge in [0.05, 0.1) is 11.1 Å². The second kappa shape index (κ2) is 5.90. The van der Waals surface area contributed by atoms with Crippen LogP contribution in [0.1, 0.15) is 40.4 Å². The molecule has 0 spiro atoms.